The van der Waals surface area contributed by atoms with Gasteiger partial charge in [-0.1, -0.05) is 13.8 Å². The van der Waals surface area contributed by atoms with Crippen LogP contribution in [0.15, 0.2) is 0 Å². The van der Waals surface area contributed by atoms with Gasteiger partial charge in [0, 0.05) is 12.1 Å². The standard InChI is InChI=1S/C13H28N2/c1-10(2)8-11(3)15-12(4)13-6-5-7-14-9-13/h10-15H,5-9H2,1-4H3/t11-,12-,13-/m0/s1. The van der Waals surface area contributed by atoms with Gasteiger partial charge in [0.25, 0.3) is 0 Å². The van der Waals surface area contributed by atoms with Gasteiger partial charge in [-0.2, -0.15) is 0 Å². The molecule has 0 bridgehead atoms. The SMILES string of the molecule is CC(C)C[C@H](C)N[C@@H](C)[C@H]1CCCNC1. The van der Waals surface area contributed by atoms with Gasteiger partial charge in [0.2, 0.25) is 0 Å². The van der Waals surface area contributed by atoms with E-state index < -0.39 is 0 Å². The van der Waals surface area contributed by atoms with Gasteiger partial charge in [0.1, 0.15) is 0 Å². The first-order valence-electron chi connectivity index (χ1n) is 6.56. The van der Waals surface area contributed by atoms with E-state index in [0.717, 1.165) is 11.8 Å². The lowest BCUT2D eigenvalue weighted by Crippen LogP contribution is -2.45. The fourth-order valence-corrected chi connectivity index (χ4v) is 2.67. The van der Waals surface area contributed by atoms with Crippen molar-refractivity contribution < 1.29 is 0 Å². The van der Waals surface area contributed by atoms with Gasteiger partial charge < -0.3 is 10.6 Å². The van der Waals surface area contributed by atoms with Crippen LogP contribution in [0.5, 0.6) is 0 Å². The zero-order valence-corrected chi connectivity index (χ0v) is 10.8. The molecule has 0 aromatic rings. The molecule has 1 fully saturated rings. The van der Waals surface area contributed by atoms with Crippen molar-refractivity contribution in [1.29, 1.82) is 0 Å². The second-order valence-electron chi connectivity index (χ2n) is 5.59. The topological polar surface area (TPSA) is 24.1 Å². The Labute approximate surface area is 95.2 Å². The monoisotopic (exact) mass is 212 g/mol. The maximum absolute atomic E-state index is 3.74. The molecule has 1 saturated heterocycles. The maximum atomic E-state index is 3.74. The molecule has 0 radical (unpaired) electrons. The van der Waals surface area contributed by atoms with Gasteiger partial charge in [-0.05, 0) is 58.0 Å². The minimum absolute atomic E-state index is 0.655. The van der Waals surface area contributed by atoms with Crippen LogP contribution in [0.4, 0.5) is 0 Å². The number of piperidine rings is 1. The Morgan fingerprint density at radius 1 is 1.27 bits per heavy atom. The average Bonchev–Trinajstić information content (AvgIpc) is 2.17. The molecule has 2 heteroatoms. The van der Waals surface area contributed by atoms with Gasteiger partial charge in [-0.25, -0.2) is 0 Å². The minimum atomic E-state index is 0.655. The van der Waals surface area contributed by atoms with Crippen LogP contribution in [0.1, 0.15) is 47.0 Å². The summed E-state index contributed by atoms with van der Waals surface area (Å²) in [7, 11) is 0. The van der Waals surface area contributed by atoms with Crippen LogP contribution in [0.2, 0.25) is 0 Å². The highest BCUT2D eigenvalue weighted by Gasteiger charge is 2.20. The molecular formula is C13H28N2. The largest absolute Gasteiger partial charge is 0.316 e. The molecule has 2 nitrogen and oxygen atoms in total. The lowest BCUT2D eigenvalue weighted by Gasteiger charge is -2.31. The molecular weight excluding hydrogens is 184 g/mol. The molecule has 0 unspecified atom stereocenters. The van der Waals surface area contributed by atoms with E-state index in [4.69, 9.17) is 0 Å². The van der Waals surface area contributed by atoms with Crippen LogP contribution in [0.25, 0.3) is 0 Å². The lowest BCUT2D eigenvalue weighted by atomic mass is 9.92. The molecule has 90 valence electrons. The van der Waals surface area contributed by atoms with Crippen LogP contribution >= 0.6 is 0 Å². The Morgan fingerprint density at radius 2 is 2.00 bits per heavy atom. The molecule has 0 aromatic carbocycles. The third kappa shape index (κ3) is 4.98. The zero-order valence-electron chi connectivity index (χ0n) is 10.8. The first-order chi connectivity index (χ1) is 7.09. The van der Waals surface area contributed by atoms with Crippen LogP contribution in [-0.2, 0) is 0 Å². The quantitative estimate of drug-likeness (QED) is 0.731. The second-order valence-corrected chi connectivity index (χ2v) is 5.59. The van der Waals surface area contributed by atoms with E-state index in [9.17, 15) is 0 Å². The Balaban J connectivity index is 2.23. The van der Waals surface area contributed by atoms with E-state index in [1.807, 2.05) is 0 Å². The molecule has 0 aliphatic carbocycles. The van der Waals surface area contributed by atoms with E-state index >= 15 is 0 Å². The third-order valence-electron chi connectivity index (χ3n) is 3.41. The summed E-state index contributed by atoms with van der Waals surface area (Å²) in [5.74, 6) is 1.62. The molecule has 15 heavy (non-hydrogen) atoms. The van der Waals surface area contributed by atoms with Gasteiger partial charge >= 0.3 is 0 Å². The summed E-state index contributed by atoms with van der Waals surface area (Å²) in [5.41, 5.74) is 0. The molecule has 3 atom stereocenters. The Kier molecular flexibility index (Phi) is 5.62. The van der Waals surface area contributed by atoms with E-state index in [1.165, 1.54) is 32.4 Å². The summed E-state index contributed by atoms with van der Waals surface area (Å²) < 4.78 is 0. The van der Waals surface area contributed by atoms with Crippen LogP contribution < -0.4 is 10.6 Å². The number of nitrogens with one attached hydrogen (secondary N) is 2. The molecule has 0 saturated carbocycles. The van der Waals surface area contributed by atoms with Crippen molar-refractivity contribution in [2.75, 3.05) is 13.1 Å². The highest BCUT2D eigenvalue weighted by molar-refractivity contribution is 4.80. The van der Waals surface area contributed by atoms with Crippen LogP contribution in [-0.4, -0.2) is 25.2 Å². The molecule has 2 N–H and O–H groups in total. The van der Waals surface area contributed by atoms with Crippen molar-refractivity contribution in [3.05, 3.63) is 0 Å². The van der Waals surface area contributed by atoms with Crippen LogP contribution in [0, 0.1) is 11.8 Å². The Bertz CT molecular complexity index is 162. The molecule has 0 aromatic heterocycles. The highest BCUT2D eigenvalue weighted by Crippen LogP contribution is 2.15. The molecule has 0 amide bonds. The summed E-state index contributed by atoms with van der Waals surface area (Å²) >= 11 is 0. The molecule has 1 rings (SSSR count). The van der Waals surface area contributed by atoms with Crippen LogP contribution in [0.3, 0.4) is 0 Å². The van der Waals surface area contributed by atoms with Crippen molar-refractivity contribution in [2.45, 2.75) is 59.0 Å². The predicted molar refractivity (Wildman–Crippen MR) is 67.1 cm³/mol. The number of hydrogen-bond donors (Lipinski definition) is 2. The smallest absolute Gasteiger partial charge is 0.00816 e. The summed E-state index contributed by atoms with van der Waals surface area (Å²) in [5, 5.41) is 7.23. The van der Waals surface area contributed by atoms with Gasteiger partial charge in [-0.3, -0.25) is 0 Å². The molecule has 0 spiro atoms. The summed E-state index contributed by atoms with van der Waals surface area (Å²) in [6.45, 7) is 11.7. The van der Waals surface area contributed by atoms with Gasteiger partial charge in [-0.15, -0.1) is 0 Å². The summed E-state index contributed by atoms with van der Waals surface area (Å²) in [4.78, 5) is 0. The Morgan fingerprint density at radius 3 is 2.53 bits per heavy atom. The summed E-state index contributed by atoms with van der Waals surface area (Å²) in [6.07, 6.45) is 4.01. The first-order valence-corrected chi connectivity index (χ1v) is 6.56. The number of rotatable bonds is 5. The molecule has 1 aliphatic rings. The molecule has 1 aliphatic heterocycles. The Hall–Kier alpha value is -0.0800. The summed E-state index contributed by atoms with van der Waals surface area (Å²) in [6, 6.07) is 1.31. The van der Waals surface area contributed by atoms with Crippen molar-refractivity contribution in [2.24, 2.45) is 11.8 Å². The zero-order chi connectivity index (χ0) is 11.3. The predicted octanol–water partition coefficient (Wildman–Crippen LogP) is 2.40. The number of hydrogen-bond acceptors (Lipinski definition) is 2. The van der Waals surface area contributed by atoms with Gasteiger partial charge in [0.15, 0.2) is 0 Å². The van der Waals surface area contributed by atoms with E-state index in [1.54, 1.807) is 0 Å². The highest BCUT2D eigenvalue weighted by atomic mass is 15.0. The van der Waals surface area contributed by atoms with E-state index in [2.05, 4.69) is 38.3 Å². The molecule has 1 heterocycles. The minimum Gasteiger partial charge on any atom is -0.316 e. The van der Waals surface area contributed by atoms with Crippen molar-refractivity contribution in [3.8, 4) is 0 Å². The maximum Gasteiger partial charge on any atom is 0.00816 e. The van der Waals surface area contributed by atoms with E-state index in [0.29, 0.717) is 12.1 Å². The van der Waals surface area contributed by atoms with Crippen molar-refractivity contribution in [1.82, 2.24) is 10.6 Å². The fourth-order valence-electron chi connectivity index (χ4n) is 2.67. The normalized spacial score (nSPS) is 26.6. The average molecular weight is 212 g/mol. The fraction of sp³-hybridized carbons (Fsp3) is 1.00. The van der Waals surface area contributed by atoms with Gasteiger partial charge in [0.05, 0.1) is 0 Å². The van der Waals surface area contributed by atoms with E-state index in [-0.39, 0.29) is 0 Å². The second kappa shape index (κ2) is 6.49. The first kappa shape index (κ1) is 13.0. The van der Waals surface area contributed by atoms with Crippen molar-refractivity contribution >= 4 is 0 Å². The lowest BCUT2D eigenvalue weighted by molar-refractivity contribution is 0.271. The third-order valence-corrected chi connectivity index (χ3v) is 3.41. The van der Waals surface area contributed by atoms with Crippen molar-refractivity contribution in [3.63, 3.8) is 0 Å².